The smallest absolute Gasteiger partial charge is 0.330 e. The largest absolute Gasteiger partial charge is 0.463 e. The van der Waals surface area contributed by atoms with E-state index < -0.39 is 17.4 Å². The minimum Gasteiger partial charge on any atom is -0.463 e. The minimum atomic E-state index is -0.839. The maximum atomic E-state index is 12.0. The molecule has 0 amide bonds. The van der Waals surface area contributed by atoms with Gasteiger partial charge in [-0.15, -0.1) is 0 Å². The quantitative estimate of drug-likeness (QED) is 0.571. The lowest BCUT2D eigenvalue weighted by Gasteiger charge is -2.39. The van der Waals surface area contributed by atoms with Crippen molar-refractivity contribution >= 4 is 11.9 Å². The molecule has 1 fully saturated rings. The summed E-state index contributed by atoms with van der Waals surface area (Å²) in [6, 6.07) is 0. The Hall–Kier alpha value is -1.40. The Balaban J connectivity index is 2.64. The lowest BCUT2D eigenvalue weighted by atomic mass is 10.0. The number of ether oxygens (including phenoxy) is 4. The molecule has 6 heteroatoms. The molecule has 0 bridgehead atoms. The van der Waals surface area contributed by atoms with Crippen LogP contribution in [0.3, 0.4) is 0 Å². The van der Waals surface area contributed by atoms with Crippen LogP contribution in [-0.4, -0.2) is 42.1 Å². The third-order valence-electron chi connectivity index (χ3n) is 2.93. The van der Waals surface area contributed by atoms with Crippen LogP contribution in [0, 0.1) is 0 Å². The van der Waals surface area contributed by atoms with E-state index in [0.29, 0.717) is 13.0 Å². The summed E-state index contributed by atoms with van der Waals surface area (Å²) >= 11 is 0. The molecule has 0 aliphatic carbocycles. The van der Waals surface area contributed by atoms with Gasteiger partial charge < -0.3 is 18.9 Å². The molecule has 1 aliphatic heterocycles. The molecule has 0 saturated carbocycles. The maximum absolute atomic E-state index is 12.0. The molecule has 0 aromatic rings. The number of esters is 2. The van der Waals surface area contributed by atoms with E-state index in [4.69, 9.17) is 18.9 Å². The van der Waals surface area contributed by atoms with E-state index in [2.05, 4.69) is 0 Å². The summed E-state index contributed by atoms with van der Waals surface area (Å²) in [5, 5.41) is 0. The predicted molar refractivity (Wildman–Crippen MR) is 84.7 cm³/mol. The summed E-state index contributed by atoms with van der Waals surface area (Å²) in [5.74, 6) is -1.56. The molecule has 0 N–H and O–H groups in total. The summed E-state index contributed by atoms with van der Waals surface area (Å²) in [5.41, 5.74) is -0.527. The fourth-order valence-corrected chi connectivity index (χ4v) is 2.34. The van der Waals surface area contributed by atoms with E-state index in [0.717, 1.165) is 0 Å². The zero-order chi connectivity index (χ0) is 17.7. The summed E-state index contributed by atoms with van der Waals surface area (Å²) in [4.78, 5) is 23.4. The fraction of sp³-hybridized carbons (Fsp3) is 0.765. The number of carbonyl (C=O) groups excluding carboxylic acids is 2. The minimum absolute atomic E-state index is 0.147. The van der Waals surface area contributed by atoms with E-state index in [1.54, 1.807) is 26.8 Å². The van der Waals surface area contributed by atoms with Gasteiger partial charge in [0.15, 0.2) is 5.79 Å². The lowest BCUT2D eigenvalue weighted by molar-refractivity contribution is -0.290. The van der Waals surface area contributed by atoms with Crippen molar-refractivity contribution in [3.63, 3.8) is 0 Å². The second-order valence-corrected chi connectivity index (χ2v) is 6.93. The summed E-state index contributed by atoms with van der Waals surface area (Å²) in [7, 11) is 0. The van der Waals surface area contributed by atoms with Gasteiger partial charge in [-0.1, -0.05) is 0 Å². The van der Waals surface area contributed by atoms with Crippen LogP contribution in [0.4, 0.5) is 0 Å². The van der Waals surface area contributed by atoms with Crippen molar-refractivity contribution in [1.29, 1.82) is 0 Å². The number of rotatable bonds is 5. The van der Waals surface area contributed by atoms with Gasteiger partial charge in [0.25, 0.3) is 0 Å². The molecular weight excluding hydrogens is 300 g/mol. The Morgan fingerprint density at radius 2 is 1.91 bits per heavy atom. The van der Waals surface area contributed by atoms with Crippen LogP contribution in [0.2, 0.25) is 0 Å². The van der Waals surface area contributed by atoms with Crippen LogP contribution >= 0.6 is 0 Å². The van der Waals surface area contributed by atoms with E-state index >= 15 is 0 Å². The predicted octanol–water partition coefficient (Wildman–Crippen LogP) is 2.75. The van der Waals surface area contributed by atoms with Gasteiger partial charge in [0.1, 0.15) is 5.60 Å². The van der Waals surface area contributed by atoms with Crippen molar-refractivity contribution < 1.29 is 28.5 Å². The highest BCUT2D eigenvalue weighted by molar-refractivity contribution is 5.81. The molecule has 1 aliphatic rings. The van der Waals surface area contributed by atoms with Crippen molar-refractivity contribution in [2.45, 2.75) is 78.0 Å². The molecular formula is C17H28O6. The molecule has 23 heavy (non-hydrogen) atoms. The van der Waals surface area contributed by atoms with Crippen LogP contribution < -0.4 is 0 Å². The van der Waals surface area contributed by atoms with E-state index in [9.17, 15) is 9.59 Å². The van der Waals surface area contributed by atoms with Gasteiger partial charge in [0.05, 0.1) is 25.2 Å². The zero-order valence-electron chi connectivity index (χ0n) is 14.9. The number of hydrogen-bond acceptors (Lipinski definition) is 6. The lowest BCUT2D eigenvalue weighted by Crippen LogP contribution is -2.45. The average Bonchev–Trinajstić information content (AvgIpc) is 2.32. The molecule has 0 radical (unpaired) electrons. The van der Waals surface area contributed by atoms with Crippen molar-refractivity contribution in [3.05, 3.63) is 12.2 Å². The number of carbonyl (C=O) groups is 2. The zero-order valence-corrected chi connectivity index (χ0v) is 14.9. The van der Waals surface area contributed by atoms with Crippen LogP contribution in [-0.2, 0) is 28.5 Å². The third-order valence-corrected chi connectivity index (χ3v) is 2.93. The molecule has 0 aromatic carbocycles. The van der Waals surface area contributed by atoms with E-state index in [-0.39, 0.29) is 24.6 Å². The summed E-state index contributed by atoms with van der Waals surface area (Å²) in [6.07, 6.45) is 2.96. The first-order valence-electron chi connectivity index (χ1n) is 7.93. The highest BCUT2D eigenvalue weighted by Crippen LogP contribution is 2.29. The van der Waals surface area contributed by atoms with Crippen LogP contribution in [0.25, 0.3) is 0 Å². The molecule has 0 spiro atoms. The summed E-state index contributed by atoms with van der Waals surface area (Å²) < 4.78 is 21.7. The first kappa shape index (κ1) is 19.6. The van der Waals surface area contributed by atoms with Gasteiger partial charge in [-0.25, -0.2) is 4.79 Å². The number of hydrogen-bond donors (Lipinski definition) is 0. The Labute approximate surface area is 138 Å². The van der Waals surface area contributed by atoms with E-state index in [1.165, 1.54) is 6.08 Å². The van der Waals surface area contributed by atoms with Gasteiger partial charge in [0, 0.05) is 12.5 Å². The average molecular weight is 328 g/mol. The second-order valence-electron chi connectivity index (χ2n) is 6.93. The molecule has 6 nitrogen and oxygen atoms in total. The van der Waals surface area contributed by atoms with Gasteiger partial charge in [-0.05, 0) is 47.6 Å². The topological polar surface area (TPSA) is 71.1 Å². The maximum Gasteiger partial charge on any atom is 0.330 e. The highest BCUT2D eigenvalue weighted by Gasteiger charge is 2.36. The van der Waals surface area contributed by atoms with Crippen LogP contribution in [0.5, 0.6) is 0 Å². The van der Waals surface area contributed by atoms with Gasteiger partial charge in [-0.3, -0.25) is 4.79 Å². The Morgan fingerprint density at radius 3 is 2.48 bits per heavy atom. The van der Waals surface area contributed by atoms with Gasteiger partial charge in [0.2, 0.25) is 0 Å². The third kappa shape index (κ3) is 8.13. The molecule has 0 aromatic heterocycles. The molecule has 1 saturated heterocycles. The SMILES string of the molecule is CCOC(=O)/C=C/[C@@H]1C[C@H](CC(=O)OC(C)(C)C)OC(C)(C)O1. The molecule has 132 valence electrons. The van der Waals surface area contributed by atoms with Crippen LogP contribution in [0.15, 0.2) is 12.2 Å². The second kappa shape index (κ2) is 7.93. The van der Waals surface area contributed by atoms with Crippen molar-refractivity contribution in [1.82, 2.24) is 0 Å². The summed E-state index contributed by atoms with van der Waals surface area (Å²) in [6.45, 7) is 11.1. The Bertz CT molecular complexity index is 446. The Kier molecular flexibility index (Phi) is 6.77. The van der Waals surface area contributed by atoms with Crippen molar-refractivity contribution in [3.8, 4) is 0 Å². The first-order valence-corrected chi connectivity index (χ1v) is 7.93. The van der Waals surface area contributed by atoms with Gasteiger partial charge in [-0.2, -0.15) is 0 Å². The normalized spacial score (nSPS) is 24.4. The Morgan fingerprint density at radius 1 is 1.26 bits per heavy atom. The van der Waals surface area contributed by atoms with Crippen LogP contribution in [0.1, 0.15) is 54.4 Å². The molecule has 1 rings (SSSR count). The van der Waals surface area contributed by atoms with E-state index in [1.807, 2.05) is 20.8 Å². The highest BCUT2D eigenvalue weighted by atomic mass is 16.7. The molecule has 2 atom stereocenters. The molecule has 0 unspecified atom stereocenters. The standard InChI is InChI=1S/C17H28O6/c1-7-20-14(18)9-8-12-10-13(22-17(5,6)21-12)11-15(19)23-16(2,3)4/h8-9,12-13H,7,10-11H2,1-6H3/b9-8+/t12-,13-/m1/s1. The van der Waals surface area contributed by atoms with Crippen molar-refractivity contribution in [2.75, 3.05) is 6.61 Å². The monoisotopic (exact) mass is 328 g/mol. The fourth-order valence-electron chi connectivity index (χ4n) is 2.34. The molecule has 1 heterocycles. The van der Waals surface area contributed by atoms with Crippen molar-refractivity contribution in [2.24, 2.45) is 0 Å². The van der Waals surface area contributed by atoms with Gasteiger partial charge >= 0.3 is 11.9 Å². The first-order chi connectivity index (χ1) is 10.5.